The van der Waals surface area contributed by atoms with Gasteiger partial charge in [-0.3, -0.25) is 4.79 Å². The quantitative estimate of drug-likeness (QED) is 0.744. The third kappa shape index (κ3) is 2.49. The number of rotatable bonds is 2. The van der Waals surface area contributed by atoms with Gasteiger partial charge in [0.15, 0.2) is 0 Å². The maximum absolute atomic E-state index is 12.7. The normalized spacial score (nSPS) is 50.7. The van der Waals surface area contributed by atoms with Crippen LogP contribution in [0.4, 0.5) is 0 Å². The summed E-state index contributed by atoms with van der Waals surface area (Å²) < 4.78 is 0. The first-order valence-corrected chi connectivity index (χ1v) is 10.9. The molecule has 146 valence electrons. The van der Waals surface area contributed by atoms with Crippen LogP contribution in [-0.2, 0) is 4.79 Å². The van der Waals surface area contributed by atoms with Crippen LogP contribution in [0.1, 0.15) is 65.7 Å². The van der Waals surface area contributed by atoms with Gasteiger partial charge in [0.1, 0.15) is 5.78 Å². The fraction of sp³-hybridized carbons (Fsp3) is 0.870. The fourth-order valence-electron chi connectivity index (χ4n) is 8.01. The molecule has 2 N–H and O–H groups in total. The summed E-state index contributed by atoms with van der Waals surface area (Å²) in [6.45, 7) is 6.76. The highest BCUT2D eigenvalue weighted by Gasteiger charge is 2.63. The van der Waals surface area contributed by atoms with Gasteiger partial charge in [-0.25, -0.2) is 0 Å². The smallest absolute Gasteiger partial charge is 0.139 e. The molecule has 4 aliphatic rings. The van der Waals surface area contributed by atoms with Gasteiger partial charge in [-0.15, -0.1) is 0 Å². The molecule has 0 unspecified atom stereocenters. The molecule has 3 saturated carbocycles. The van der Waals surface area contributed by atoms with Crippen molar-refractivity contribution in [3.05, 3.63) is 11.6 Å². The molecule has 0 saturated heterocycles. The van der Waals surface area contributed by atoms with E-state index in [-0.39, 0.29) is 22.9 Å². The summed E-state index contributed by atoms with van der Waals surface area (Å²) in [5.41, 5.74) is 2.01. The molecule has 0 heterocycles. The van der Waals surface area contributed by atoms with E-state index in [2.05, 4.69) is 34.0 Å². The Labute approximate surface area is 159 Å². The molecular weight excluding hydrogens is 322 g/mol. The molecule has 3 fully saturated rings. The SMILES string of the molecule is CC(=O)[C@H]1[C@H]([NH+](C)C)C[C@H]2[C@H]3CC=C4C[C@@H](O)CC[C@]4(C)[C@@H]3CC[C@@]21C. The molecule has 0 aromatic heterocycles. The Morgan fingerprint density at radius 1 is 1.19 bits per heavy atom. The average Bonchev–Trinajstić information content (AvgIpc) is 2.89. The predicted octanol–water partition coefficient (Wildman–Crippen LogP) is 2.64. The second kappa shape index (κ2) is 6.17. The number of Topliss-reactive ketones (excluding diaryl/α,β-unsaturated/α-hetero) is 1. The Kier molecular flexibility index (Phi) is 4.43. The molecule has 8 atom stereocenters. The van der Waals surface area contributed by atoms with E-state index in [1.54, 1.807) is 0 Å². The van der Waals surface area contributed by atoms with Crippen LogP contribution in [0.2, 0.25) is 0 Å². The summed E-state index contributed by atoms with van der Waals surface area (Å²) in [5, 5.41) is 10.2. The topological polar surface area (TPSA) is 41.7 Å². The summed E-state index contributed by atoms with van der Waals surface area (Å²) >= 11 is 0. The monoisotopic (exact) mass is 360 g/mol. The van der Waals surface area contributed by atoms with Crippen LogP contribution in [0.15, 0.2) is 11.6 Å². The fourth-order valence-corrected chi connectivity index (χ4v) is 8.01. The zero-order chi connectivity index (χ0) is 18.9. The molecule has 4 rings (SSSR count). The van der Waals surface area contributed by atoms with Crippen molar-refractivity contribution in [2.45, 2.75) is 77.9 Å². The van der Waals surface area contributed by atoms with Crippen molar-refractivity contribution in [2.24, 2.45) is 34.5 Å². The maximum atomic E-state index is 12.7. The third-order valence-electron chi connectivity index (χ3n) is 9.32. The molecule has 0 aromatic rings. The minimum atomic E-state index is -0.130. The Bertz CT molecular complexity index is 626. The molecule has 0 radical (unpaired) electrons. The lowest BCUT2D eigenvalue weighted by Gasteiger charge is -2.57. The van der Waals surface area contributed by atoms with Gasteiger partial charge in [-0.05, 0) is 74.0 Å². The molecule has 3 nitrogen and oxygen atoms in total. The van der Waals surface area contributed by atoms with Crippen molar-refractivity contribution < 1.29 is 14.8 Å². The summed E-state index contributed by atoms with van der Waals surface area (Å²) in [6, 6.07) is 0.479. The maximum Gasteiger partial charge on any atom is 0.139 e. The number of hydrogen-bond donors (Lipinski definition) is 2. The first-order valence-electron chi connectivity index (χ1n) is 10.9. The van der Waals surface area contributed by atoms with Gasteiger partial charge in [0.2, 0.25) is 0 Å². The number of aliphatic hydroxyl groups is 1. The van der Waals surface area contributed by atoms with Crippen LogP contribution in [0, 0.1) is 34.5 Å². The molecule has 0 amide bonds. The summed E-state index contributed by atoms with van der Waals surface area (Å²) in [7, 11) is 4.48. The van der Waals surface area contributed by atoms with Crippen LogP contribution in [-0.4, -0.2) is 37.1 Å². The number of fused-ring (bicyclic) bond motifs is 5. The van der Waals surface area contributed by atoms with E-state index in [1.807, 2.05) is 6.92 Å². The van der Waals surface area contributed by atoms with Crippen molar-refractivity contribution in [1.29, 1.82) is 0 Å². The molecule has 4 aliphatic carbocycles. The Morgan fingerprint density at radius 2 is 1.92 bits per heavy atom. The van der Waals surface area contributed by atoms with Crippen molar-refractivity contribution in [2.75, 3.05) is 14.1 Å². The lowest BCUT2D eigenvalue weighted by Crippen LogP contribution is -3.10. The number of nitrogens with one attached hydrogen (secondary N) is 1. The number of hydrogen-bond acceptors (Lipinski definition) is 2. The largest absolute Gasteiger partial charge is 0.393 e. The van der Waals surface area contributed by atoms with Gasteiger partial charge in [-0.1, -0.05) is 25.5 Å². The number of aliphatic hydroxyl groups excluding tert-OH is 1. The predicted molar refractivity (Wildman–Crippen MR) is 104 cm³/mol. The zero-order valence-corrected chi connectivity index (χ0v) is 17.3. The number of ketones is 1. The zero-order valence-electron chi connectivity index (χ0n) is 17.3. The van der Waals surface area contributed by atoms with Crippen molar-refractivity contribution in [1.82, 2.24) is 0 Å². The van der Waals surface area contributed by atoms with Gasteiger partial charge >= 0.3 is 0 Å². The first kappa shape index (κ1) is 18.7. The van der Waals surface area contributed by atoms with E-state index in [0.29, 0.717) is 17.7 Å². The van der Waals surface area contributed by atoms with Gasteiger partial charge in [-0.2, -0.15) is 0 Å². The van der Waals surface area contributed by atoms with E-state index in [9.17, 15) is 9.90 Å². The van der Waals surface area contributed by atoms with Crippen LogP contribution < -0.4 is 4.90 Å². The minimum absolute atomic E-state index is 0.130. The second-order valence-corrected chi connectivity index (χ2v) is 10.7. The second-order valence-electron chi connectivity index (χ2n) is 10.7. The van der Waals surface area contributed by atoms with Gasteiger partial charge in [0, 0.05) is 6.42 Å². The number of allylic oxidation sites excluding steroid dienone is 1. The standard InChI is InChI=1S/C23H37NO2/c1-14(25)21-20(24(4)5)13-19-17-7-6-15-12-16(26)8-10-22(15,2)18(17)9-11-23(19,21)3/h6,16-21,26H,7-13H2,1-5H3/p+1/t16-,17-,18+,19-,20+,21-,22-,23-/m0/s1. The van der Waals surface area contributed by atoms with Gasteiger partial charge in [0.05, 0.1) is 32.2 Å². The van der Waals surface area contributed by atoms with Crippen molar-refractivity contribution in [3.63, 3.8) is 0 Å². The van der Waals surface area contributed by atoms with E-state index >= 15 is 0 Å². The summed E-state index contributed by atoms with van der Waals surface area (Å²) in [6.07, 6.45) is 10.2. The van der Waals surface area contributed by atoms with E-state index < -0.39 is 0 Å². The van der Waals surface area contributed by atoms with E-state index in [0.717, 1.165) is 31.1 Å². The molecular formula is C23H38NO2+. The van der Waals surface area contributed by atoms with Gasteiger partial charge in [0.25, 0.3) is 0 Å². The van der Waals surface area contributed by atoms with Gasteiger partial charge < -0.3 is 10.0 Å². The molecule has 0 bridgehead atoms. The lowest BCUT2D eigenvalue weighted by atomic mass is 9.47. The molecule has 0 aromatic carbocycles. The van der Waals surface area contributed by atoms with Crippen molar-refractivity contribution >= 4 is 5.78 Å². The average molecular weight is 361 g/mol. The molecule has 0 aliphatic heterocycles. The minimum Gasteiger partial charge on any atom is -0.393 e. The molecule has 26 heavy (non-hydrogen) atoms. The third-order valence-corrected chi connectivity index (χ3v) is 9.32. The first-order chi connectivity index (χ1) is 12.2. The van der Waals surface area contributed by atoms with Crippen LogP contribution in [0.25, 0.3) is 0 Å². The Balaban J connectivity index is 1.69. The number of carbonyl (C=O) groups excluding carboxylic acids is 1. The summed E-state index contributed by atoms with van der Waals surface area (Å²) in [5.74, 6) is 2.79. The van der Waals surface area contributed by atoms with Crippen LogP contribution in [0.5, 0.6) is 0 Å². The van der Waals surface area contributed by atoms with Crippen LogP contribution >= 0.6 is 0 Å². The highest BCUT2D eigenvalue weighted by Crippen LogP contribution is 2.66. The summed E-state index contributed by atoms with van der Waals surface area (Å²) in [4.78, 5) is 14.1. The highest BCUT2D eigenvalue weighted by molar-refractivity contribution is 5.80. The molecule has 3 heteroatoms. The highest BCUT2D eigenvalue weighted by atomic mass is 16.3. The van der Waals surface area contributed by atoms with E-state index in [1.165, 1.54) is 36.2 Å². The number of carbonyl (C=O) groups is 1. The van der Waals surface area contributed by atoms with Crippen LogP contribution in [0.3, 0.4) is 0 Å². The molecule has 0 spiro atoms. The van der Waals surface area contributed by atoms with E-state index in [4.69, 9.17) is 0 Å². The lowest BCUT2D eigenvalue weighted by molar-refractivity contribution is -0.888. The Morgan fingerprint density at radius 3 is 2.58 bits per heavy atom. The Hall–Kier alpha value is -0.670. The number of quaternary nitrogens is 1. The van der Waals surface area contributed by atoms with Crippen molar-refractivity contribution in [3.8, 4) is 0 Å².